The van der Waals surface area contributed by atoms with Crippen LogP contribution in [0.1, 0.15) is 36.1 Å². The van der Waals surface area contributed by atoms with Gasteiger partial charge in [0.05, 0.1) is 12.8 Å². The summed E-state index contributed by atoms with van der Waals surface area (Å²) < 4.78 is 7.54. The maximum absolute atomic E-state index is 13.3. The summed E-state index contributed by atoms with van der Waals surface area (Å²) in [7, 11) is 1.67. The van der Waals surface area contributed by atoms with E-state index >= 15 is 0 Å². The lowest BCUT2D eigenvalue weighted by Gasteiger charge is -2.34. The molecule has 1 aliphatic rings. The number of aromatic nitrogens is 2. The Morgan fingerprint density at radius 1 is 1.17 bits per heavy atom. The van der Waals surface area contributed by atoms with Gasteiger partial charge in [-0.2, -0.15) is 0 Å². The number of rotatable bonds is 6. The van der Waals surface area contributed by atoms with E-state index in [4.69, 9.17) is 4.74 Å². The second-order valence-electron chi connectivity index (χ2n) is 7.96. The molecule has 0 N–H and O–H groups in total. The van der Waals surface area contributed by atoms with Gasteiger partial charge in [0.25, 0.3) is 0 Å². The smallest absolute Gasteiger partial charge is 0.223 e. The number of pyridine rings is 1. The van der Waals surface area contributed by atoms with Gasteiger partial charge in [0.1, 0.15) is 11.4 Å². The summed E-state index contributed by atoms with van der Waals surface area (Å²) in [6, 6.07) is 12.2. The largest absolute Gasteiger partial charge is 0.497 e. The maximum atomic E-state index is 13.3. The Bertz CT molecular complexity index is 1020. The van der Waals surface area contributed by atoms with Crippen LogP contribution < -0.4 is 4.74 Å². The van der Waals surface area contributed by atoms with Crippen molar-refractivity contribution in [2.45, 2.75) is 26.2 Å². The number of hydrogen-bond donors (Lipinski definition) is 0. The van der Waals surface area contributed by atoms with Crippen molar-refractivity contribution in [1.29, 1.82) is 0 Å². The summed E-state index contributed by atoms with van der Waals surface area (Å²) in [6.45, 7) is 8.75. The van der Waals surface area contributed by atoms with Crippen LogP contribution in [0.15, 0.2) is 48.8 Å². The molecule has 1 aliphatic heterocycles. The Kier molecular flexibility index (Phi) is 6.04. The van der Waals surface area contributed by atoms with Gasteiger partial charge in [-0.05, 0) is 48.9 Å². The first-order valence-corrected chi connectivity index (χ1v) is 10.7. The lowest BCUT2D eigenvalue weighted by atomic mass is 9.91. The Labute approximate surface area is 178 Å². The number of benzene rings is 1. The van der Waals surface area contributed by atoms with Crippen LogP contribution in [0.4, 0.5) is 0 Å². The van der Waals surface area contributed by atoms with Crippen molar-refractivity contribution in [3.05, 3.63) is 65.6 Å². The zero-order valence-electron chi connectivity index (χ0n) is 18.0. The highest BCUT2D eigenvalue weighted by molar-refractivity contribution is 5.78. The van der Waals surface area contributed by atoms with E-state index in [1.54, 1.807) is 7.11 Å². The number of imidazole rings is 1. The van der Waals surface area contributed by atoms with Crippen LogP contribution in [0.25, 0.3) is 5.65 Å². The molecule has 0 radical (unpaired) electrons. The molecule has 3 heterocycles. The van der Waals surface area contributed by atoms with Gasteiger partial charge in [0, 0.05) is 50.9 Å². The quantitative estimate of drug-likeness (QED) is 0.630. The number of methoxy groups -OCH3 is 1. The zero-order valence-corrected chi connectivity index (χ0v) is 18.0. The molecule has 6 nitrogen and oxygen atoms in total. The lowest BCUT2D eigenvalue weighted by molar-refractivity contribution is -0.133. The second kappa shape index (κ2) is 8.88. The molecule has 1 fully saturated rings. The van der Waals surface area contributed by atoms with E-state index < -0.39 is 0 Å². The number of aryl methyl sites for hydroxylation is 1. The van der Waals surface area contributed by atoms with Crippen LogP contribution in [0.5, 0.6) is 5.75 Å². The lowest BCUT2D eigenvalue weighted by Crippen LogP contribution is -2.48. The molecule has 158 valence electrons. The SMILES string of the molecule is CCN1CCN(C(=O)CC(c2cccc(OC)c2)c2cnc3cc(C)ccn23)CC1. The molecule has 1 aromatic carbocycles. The van der Waals surface area contributed by atoms with Crippen molar-refractivity contribution in [1.82, 2.24) is 19.2 Å². The minimum Gasteiger partial charge on any atom is -0.497 e. The van der Waals surface area contributed by atoms with Gasteiger partial charge < -0.3 is 18.9 Å². The van der Waals surface area contributed by atoms with Crippen molar-refractivity contribution < 1.29 is 9.53 Å². The van der Waals surface area contributed by atoms with Gasteiger partial charge in [-0.15, -0.1) is 0 Å². The van der Waals surface area contributed by atoms with Crippen LogP contribution >= 0.6 is 0 Å². The number of ether oxygens (including phenoxy) is 1. The van der Waals surface area contributed by atoms with Crippen LogP contribution in [-0.2, 0) is 4.79 Å². The molecular formula is C24H30N4O2. The molecule has 1 saturated heterocycles. The van der Waals surface area contributed by atoms with Gasteiger partial charge in [0.15, 0.2) is 0 Å². The van der Waals surface area contributed by atoms with E-state index in [9.17, 15) is 4.79 Å². The number of hydrogen-bond acceptors (Lipinski definition) is 4. The minimum atomic E-state index is -0.0884. The third kappa shape index (κ3) is 4.19. The Morgan fingerprint density at radius 2 is 1.97 bits per heavy atom. The molecule has 6 heteroatoms. The number of nitrogens with zero attached hydrogens (tertiary/aromatic N) is 4. The maximum Gasteiger partial charge on any atom is 0.223 e. The average molecular weight is 407 g/mol. The number of fused-ring (bicyclic) bond motifs is 1. The first-order valence-electron chi connectivity index (χ1n) is 10.7. The topological polar surface area (TPSA) is 50.1 Å². The van der Waals surface area contributed by atoms with Crippen molar-refractivity contribution in [2.24, 2.45) is 0 Å². The molecule has 0 spiro atoms. The second-order valence-corrected chi connectivity index (χ2v) is 7.96. The Hall–Kier alpha value is -2.86. The number of carbonyl (C=O) groups excluding carboxylic acids is 1. The average Bonchev–Trinajstić information content (AvgIpc) is 3.20. The molecule has 1 unspecified atom stereocenters. The summed E-state index contributed by atoms with van der Waals surface area (Å²) in [5, 5.41) is 0. The van der Waals surface area contributed by atoms with E-state index in [1.165, 1.54) is 5.56 Å². The van der Waals surface area contributed by atoms with E-state index in [1.807, 2.05) is 35.5 Å². The zero-order chi connectivity index (χ0) is 21.1. The van der Waals surface area contributed by atoms with Crippen molar-refractivity contribution in [3.8, 4) is 5.75 Å². The summed E-state index contributed by atoms with van der Waals surface area (Å²) >= 11 is 0. The highest BCUT2D eigenvalue weighted by Crippen LogP contribution is 2.31. The monoisotopic (exact) mass is 406 g/mol. The molecule has 30 heavy (non-hydrogen) atoms. The van der Waals surface area contributed by atoms with Gasteiger partial charge in [-0.1, -0.05) is 19.1 Å². The highest BCUT2D eigenvalue weighted by atomic mass is 16.5. The number of likely N-dealkylation sites (N-methyl/N-ethyl adjacent to an activating group) is 1. The van der Waals surface area contributed by atoms with Crippen molar-refractivity contribution >= 4 is 11.6 Å². The van der Waals surface area contributed by atoms with Crippen LogP contribution in [0.3, 0.4) is 0 Å². The van der Waals surface area contributed by atoms with Gasteiger partial charge in [0.2, 0.25) is 5.91 Å². The Balaban J connectivity index is 1.66. The molecule has 3 aromatic rings. The van der Waals surface area contributed by atoms with Crippen LogP contribution in [0, 0.1) is 6.92 Å². The number of piperazine rings is 1. The van der Waals surface area contributed by atoms with E-state index in [-0.39, 0.29) is 11.8 Å². The van der Waals surface area contributed by atoms with Crippen molar-refractivity contribution in [3.63, 3.8) is 0 Å². The minimum absolute atomic E-state index is 0.0884. The molecule has 4 rings (SSSR count). The summed E-state index contributed by atoms with van der Waals surface area (Å²) in [5.41, 5.74) is 4.17. The summed E-state index contributed by atoms with van der Waals surface area (Å²) in [5.74, 6) is 0.904. The standard InChI is InChI=1S/C24H30N4O2/c1-4-26-10-12-27(13-11-26)24(29)16-21(19-6-5-7-20(15-19)30-3)22-17-25-23-14-18(2)8-9-28(22)23/h5-9,14-15,17,21H,4,10-13,16H2,1-3H3. The van der Waals surface area contributed by atoms with Crippen molar-refractivity contribution in [2.75, 3.05) is 39.8 Å². The number of amides is 1. The van der Waals surface area contributed by atoms with E-state index in [0.29, 0.717) is 6.42 Å². The first kappa shape index (κ1) is 20.4. The van der Waals surface area contributed by atoms with E-state index in [2.05, 4.69) is 46.3 Å². The molecule has 1 amide bonds. The molecule has 2 aromatic heterocycles. The molecule has 1 atom stereocenters. The van der Waals surface area contributed by atoms with Gasteiger partial charge in [-0.3, -0.25) is 4.79 Å². The summed E-state index contributed by atoms with van der Waals surface area (Å²) in [4.78, 5) is 22.3. The van der Waals surface area contributed by atoms with E-state index in [0.717, 1.165) is 55.4 Å². The predicted octanol–water partition coefficient (Wildman–Crippen LogP) is 3.34. The third-order valence-electron chi connectivity index (χ3n) is 6.10. The van der Waals surface area contributed by atoms with Crippen LogP contribution in [0.2, 0.25) is 0 Å². The predicted molar refractivity (Wildman–Crippen MR) is 118 cm³/mol. The fourth-order valence-corrected chi connectivity index (χ4v) is 4.23. The first-order chi connectivity index (χ1) is 14.6. The fraction of sp³-hybridized carbons (Fsp3) is 0.417. The third-order valence-corrected chi connectivity index (χ3v) is 6.10. The normalized spacial score (nSPS) is 16.0. The number of carbonyl (C=O) groups is 1. The van der Waals surface area contributed by atoms with Crippen LogP contribution in [-0.4, -0.2) is 64.9 Å². The Morgan fingerprint density at radius 3 is 2.70 bits per heavy atom. The highest BCUT2D eigenvalue weighted by Gasteiger charge is 2.27. The molecule has 0 saturated carbocycles. The molecule has 0 bridgehead atoms. The van der Waals surface area contributed by atoms with Gasteiger partial charge in [-0.25, -0.2) is 4.98 Å². The summed E-state index contributed by atoms with van der Waals surface area (Å²) in [6.07, 6.45) is 4.37. The molecule has 0 aliphatic carbocycles. The fourth-order valence-electron chi connectivity index (χ4n) is 4.23. The van der Waals surface area contributed by atoms with Gasteiger partial charge >= 0.3 is 0 Å². The molecular weight excluding hydrogens is 376 g/mol.